The standard InChI is InChI=1S/C43H63FO8/c1-38(2)18-20-43(36(49)35-34(48)33(47)32(46)28(23-45)51-35)21-19-41(6)26(27(43)22-38)12-13-30-40(5)16-15-31(39(3,4)29(40)14-17-42(30,41)7)52-37(50)24-8-10-25(44)11-9-24/h8-12,27-36,45-49H,13-23H2,1-7H3/t27?,28?,29?,30?,31-,32-,33?,34?,35-,36+,40-,41+,42+,43-/m0/s1. The lowest BCUT2D eigenvalue weighted by atomic mass is 9.33. The number of carbonyl (C=O) groups excluding carboxylic acids is 1. The van der Waals surface area contributed by atoms with Crippen molar-refractivity contribution in [2.45, 2.75) is 155 Å². The zero-order valence-corrected chi connectivity index (χ0v) is 32.3. The minimum atomic E-state index is -1.52. The molecule has 5 fully saturated rings. The predicted octanol–water partition coefficient (Wildman–Crippen LogP) is 6.36. The van der Waals surface area contributed by atoms with Crippen LogP contribution in [0.4, 0.5) is 4.39 Å². The summed E-state index contributed by atoms with van der Waals surface area (Å²) in [4.78, 5) is 13.2. The Bertz CT molecular complexity index is 1560. The highest BCUT2D eigenvalue weighted by atomic mass is 19.1. The zero-order chi connectivity index (χ0) is 37.8. The molecule has 14 atom stereocenters. The fourth-order valence-corrected chi connectivity index (χ4v) is 13.5. The number of aliphatic hydroxyl groups excluding tert-OH is 5. The number of halogens is 1. The summed E-state index contributed by atoms with van der Waals surface area (Å²) in [7, 11) is 0. The van der Waals surface area contributed by atoms with E-state index in [1.165, 1.54) is 29.8 Å². The van der Waals surface area contributed by atoms with Crippen molar-refractivity contribution < 1.29 is 44.2 Å². The van der Waals surface area contributed by atoms with E-state index in [0.717, 1.165) is 64.2 Å². The average Bonchev–Trinajstić information content (AvgIpc) is 3.08. The van der Waals surface area contributed by atoms with Crippen LogP contribution in [0.5, 0.6) is 0 Å². The molecule has 7 rings (SSSR count). The van der Waals surface area contributed by atoms with Gasteiger partial charge in [-0.05, 0) is 128 Å². The van der Waals surface area contributed by atoms with Gasteiger partial charge in [-0.25, -0.2) is 9.18 Å². The topological polar surface area (TPSA) is 137 Å². The Morgan fingerprint density at radius 3 is 2.23 bits per heavy atom. The summed E-state index contributed by atoms with van der Waals surface area (Å²) in [6.07, 6.45) is 3.53. The Kier molecular flexibility index (Phi) is 9.48. The van der Waals surface area contributed by atoms with Gasteiger partial charge in [0, 0.05) is 10.8 Å². The van der Waals surface area contributed by atoms with E-state index in [0.29, 0.717) is 17.4 Å². The van der Waals surface area contributed by atoms with Crippen LogP contribution in [-0.4, -0.2) is 80.8 Å². The molecule has 1 aromatic rings. The molecule has 6 unspecified atom stereocenters. The number of ether oxygens (including phenoxy) is 2. The highest BCUT2D eigenvalue weighted by Gasteiger charge is 2.70. The number of benzene rings is 1. The van der Waals surface area contributed by atoms with Crippen molar-refractivity contribution in [3.63, 3.8) is 0 Å². The Balaban J connectivity index is 1.19. The van der Waals surface area contributed by atoms with Crippen LogP contribution in [0.1, 0.15) is 123 Å². The molecule has 0 aromatic heterocycles. The molecular weight excluding hydrogens is 663 g/mol. The molecule has 0 bridgehead atoms. The highest BCUT2D eigenvalue weighted by molar-refractivity contribution is 5.89. The lowest BCUT2D eigenvalue weighted by molar-refractivity contribution is -0.272. The van der Waals surface area contributed by atoms with Gasteiger partial charge >= 0.3 is 5.97 Å². The number of allylic oxidation sites excluding steroid dienone is 2. The second-order valence-corrected chi connectivity index (χ2v) is 19.9. The van der Waals surface area contributed by atoms with Gasteiger partial charge in [0.15, 0.2) is 0 Å². The van der Waals surface area contributed by atoms with Gasteiger partial charge in [0.25, 0.3) is 0 Å². The first-order valence-corrected chi connectivity index (χ1v) is 19.9. The molecule has 290 valence electrons. The molecule has 6 aliphatic rings. The van der Waals surface area contributed by atoms with Gasteiger partial charge in [0.2, 0.25) is 0 Å². The monoisotopic (exact) mass is 726 g/mol. The van der Waals surface area contributed by atoms with Crippen molar-refractivity contribution in [3.05, 3.63) is 47.3 Å². The molecule has 0 amide bonds. The molecule has 1 aromatic carbocycles. The molecule has 0 spiro atoms. The largest absolute Gasteiger partial charge is 0.458 e. The maximum atomic E-state index is 13.6. The fraction of sp³-hybridized carbons (Fsp3) is 0.791. The summed E-state index contributed by atoms with van der Waals surface area (Å²) >= 11 is 0. The van der Waals surface area contributed by atoms with E-state index in [-0.39, 0.29) is 44.9 Å². The quantitative estimate of drug-likeness (QED) is 0.175. The van der Waals surface area contributed by atoms with Crippen LogP contribution in [0.15, 0.2) is 35.9 Å². The van der Waals surface area contributed by atoms with Gasteiger partial charge in [-0.15, -0.1) is 0 Å². The molecule has 1 heterocycles. The van der Waals surface area contributed by atoms with Gasteiger partial charge in [0.1, 0.15) is 42.4 Å². The third-order valence-electron chi connectivity index (χ3n) is 16.8. The number of esters is 1. The number of hydrogen-bond acceptors (Lipinski definition) is 8. The van der Waals surface area contributed by atoms with E-state index in [2.05, 4.69) is 54.5 Å². The van der Waals surface area contributed by atoms with Crippen LogP contribution < -0.4 is 0 Å². The van der Waals surface area contributed by atoms with E-state index in [9.17, 15) is 34.7 Å². The molecule has 0 radical (unpaired) electrons. The Labute approximate surface area is 309 Å². The van der Waals surface area contributed by atoms with E-state index in [4.69, 9.17) is 9.47 Å². The lowest BCUT2D eigenvalue weighted by Crippen LogP contribution is -2.68. The molecule has 5 aliphatic carbocycles. The minimum absolute atomic E-state index is 0.00210. The number of hydrogen-bond donors (Lipinski definition) is 5. The van der Waals surface area contributed by atoms with Gasteiger partial charge < -0.3 is 35.0 Å². The van der Waals surface area contributed by atoms with Crippen LogP contribution in [0.2, 0.25) is 0 Å². The summed E-state index contributed by atoms with van der Waals surface area (Å²) in [5.74, 6) is 0.0429. The number of fused-ring (bicyclic) bond motifs is 7. The van der Waals surface area contributed by atoms with Gasteiger partial charge in [0.05, 0.1) is 18.3 Å². The molecular formula is C43H63FO8. The van der Waals surface area contributed by atoms with E-state index in [1.807, 2.05) is 0 Å². The number of rotatable bonds is 5. The van der Waals surface area contributed by atoms with Crippen molar-refractivity contribution in [3.8, 4) is 0 Å². The lowest BCUT2D eigenvalue weighted by Gasteiger charge is -2.72. The van der Waals surface area contributed by atoms with Crippen LogP contribution in [0, 0.1) is 56.1 Å². The van der Waals surface area contributed by atoms with Crippen LogP contribution in [-0.2, 0) is 9.47 Å². The maximum absolute atomic E-state index is 13.6. The third kappa shape index (κ3) is 5.52. The molecule has 5 N–H and O–H groups in total. The van der Waals surface area contributed by atoms with Crippen molar-refractivity contribution >= 4 is 5.97 Å². The summed E-state index contributed by atoms with van der Waals surface area (Å²) < 4.78 is 25.8. The molecule has 52 heavy (non-hydrogen) atoms. The van der Waals surface area contributed by atoms with Gasteiger partial charge in [-0.3, -0.25) is 0 Å². The number of carbonyl (C=O) groups is 1. The Morgan fingerprint density at radius 2 is 1.56 bits per heavy atom. The molecule has 4 saturated carbocycles. The van der Waals surface area contributed by atoms with Crippen molar-refractivity contribution in [1.82, 2.24) is 0 Å². The van der Waals surface area contributed by atoms with E-state index >= 15 is 0 Å². The maximum Gasteiger partial charge on any atom is 0.338 e. The summed E-state index contributed by atoms with van der Waals surface area (Å²) in [6.45, 7) is 16.1. The van der Waals surface area contributed by atoms with Crippen LogP contribution in [0.25, 0.3) is 0 Å². The van der Waals surface area contributed by atoms with Crippen molar-refractivity contribution in [1.29, 1.82) is 0 Å². The molecule has 9 heteroatoms. The normalized spacial score (nSPS) is 47.1. The predicted molar refractivity (Wildman–Crippen MR) is 194 cm³/mol. The number of aliphatic hydroxyl groups is 5. The highest BCUT2D eigenvalue weighted by Crippen LogP contribution is 2.76. The van der Waals surface area contributed by atoms with E-state index < -0.39 is 54.6 Å². The van der Waals surface area contributed by atoms with E-state index in [1.54, 1.807) is 0 Å². The first kappa shape index (κ1) is 38.4. The van der Waals surface area contributed by atoms with Crippen LogP contribution >= 0.6 is 0 Å². The molecule has 8 nitrogen and oxygen atoms in total. The minimum Gasteiger partial charge on any atom is -0.458 e. The first-order valence-electron chi connectivity index (χ1n) is 19.9. The SMILES string of the molecule is CC1(C)CC[C@]2([C@H](O)[C@H]3OC(CO)[C@H](O)C(O)C3O)CC[C@]3(C)C(=CCC4[C@@]5(C)CC[C@H](OC(=O)c6ccc(F)cc6)C(C)(C)C5CC[C@]43C)C2C1. The molecule has 1 saturated heterocycles. The van der Waals surface area contributed by atoms with Crippen molar-refractivity contribution in [2.75, 3.05) is 6.61 Å². The third-order valence-corrected chi connectivity index (χ3v) is 16.8. The van der Waals surface area contributed by atoms with Gasteiger partial charge in [-0.2, -0.15) is 0 Å². The average molecular weight is 727 g/mol. The Hall–Kier alpha value is -1.88. The van der Waals surface area contributed by atoms with Crippen molar-refractivity contribution in [2.24, 2.45) is 50.2 Å². The summed E-state index contributed by atoms with van der Waals surface area (Å²) in [5, 5.41) is 54.7. The first-order chi connectivity index (χ1) is 24.3. The zero-order valence-electron chi connectivity index (χ0n) is 32.3. The fourth-order valence-electron chi connectivity index (χ4n) is 13.5. The van der Waals surface area contributed by atoms with Crippen LogP contribution in [0.3, 0.4) is 0 Å². The smallest absolute Gasteiger partial charge is 0.338 e. The second-order valence-electron chi connectivity index (χ2n) is 19.9. The summed E-state index contributed by atoms with van der Waals surface area (Å²) in [6, 6.07) is 5.58. The summed E-state index contributed by atoms with van der Waals surface area (Å²) in [5.41, 5.74) is 0.933. The second kappa shape index (κ2) is 12.8. The molecule has 1 aliphatic heterocycles. The van der Waals surface area contributed by atoms with Gasteiger partial charge in [-0.1, -0.05) is 60.1 Å². The Morgan fingerprint density at radius 1 is 0.885 bits per heavy atom.